The SMILES string of the molecule is O=c1[nH]ncc2c1ncn2C1OC(CO)C(O)C1O. The van der Waals surface area contributed by atoms with E-state index in [2.05, 4.69) is 15.2 Å². The first-order chi connectivity index (χ1) is 9.13. The lowest BCUT2D eigenvalue weighted by Crippen LogP contribution is -2.33. The van der Waals surface area contributed by atoms with Gasteiger partial charge in [0.1, 0.15) is 18.3 Å². The van der Waals surface area contributed by atoms with Gasteiger partial charge in [0.2, 0.25) is 0 Å². The van der Waals surface area contributed by atoms with Crippen molar-refractivity contribution in [3.63, 3.8) is 0 Å². The molecule has 1 fully saturated rings. The van der Waals surface area contributed by atoms with Crippen LogP contribution in [0.15, 0.2) is 17.3 Å². The molecule has 3 rings (SSSR count). The van der Waals surface area contributed by atoms with Crippen LogP contribution in [0.5, 0.6) is 0 Å². The van der Waals surface area contributed by atoms with Crippen molar-refractivity contribution >= 4 is 11.0 Å². The maximum Gasteiger partial charge on any atom is 0.292 e. The van der Waals surface area contributed by atoms with E-state index in [1.54, 1.807) is 0 Å². The van der Waals surface area contributed by atoms with Crippen molar-refractivity contribution in [2.24, 2.45) is 0 Å². The average molecular weight is 268 g/mol. The van der Waals surface area contributed by atoms with Gasteiger partial charge in [0.25, 0.3) is 5.56 Å². The number of hydrogen-bond donors (Lipinski definition) is 4. The summed E-state index contributed by atoms with van der Waals surface area (Å²) in [5.41, 5.74) is 0.0781. The Bertz CT molecular complexity index is 653. The van der Waals surface area contributed by atoms with Crippen LogP contribution in [0, 0.1) is 0 Å². The van der Waals surface area contributed by atoms with Gasteiger partial charge < -0.3 is 20.1 Å². The molecule has 4 N–H and O–H groups in total. The number of hydrogen-bond acceptors (Lipinski definition) is 7. The number of H-pyrrole nitrogens is 1. The molecule has 2 aromatic heterocycles. The molecule has 4 unspecified atom stereocenters. The molecule has 2 aromatic rings. The molecule has 0 aliphatic carbocycles. The Morgan fingerprint density at radius 2 is 2.21 bits per heavy atom. The van der Waals surface area contributed by atoms with Crippen LogP contribution in [0.4, 0.5) is 0 Å². The quantitative estimate of drug-likeness (QED) is 0.482. The zero-order valence-electron chi connectivity index (χ0n) is 9.67. The minimum atomic E-state index is -1.23. The molecule has 102 valence electrons. The number of imidazole rings is 1. The van der Waals surface area contributed by atoms with Crippen LogP contribution in [-0.2, 0) is 4.74 Å². The molecule has 4 atom stereocenters. The van der Waals surface area contributed by atoms with Crippen LogP contribution in [0.25, 0.3) is 11.0 Å². The second-order valence-electron chi connectivity index (χ2n) is 4.31. The van der Waals surface area contributed by atoms with Gasteiger partial charge in [-0.1, -0.05) is 0 Å². The summed E-state index contributed by atoms with van der Waals surface area (Å²) in [5, 5.41) is 34.6. The van der Waals surface area contributed by atoms with E-state index in [1.807, 2.05) is 0 Å². The molecule has 19 heavy (non-hydrogen) atoms. The molecule has 9 nitrogen and oxygen atoms in total. The predicted molar refractivity (Wildman–Crippen MR) is 61.2 cm³/mol. The van der Waals surface area contributed by atoms with Crippen LogP contribution >= 0.6 is 0 Å². The van der Waals surface area contributed by atoms with Crippen LogP contribution in [-0.4, -0.2) is 60.0 Å². The van der Waals surface area contributed by atoms with Gasteiger partial charge in [0.05, 0.1) is 24.6 Å². The molecule has 1 aliphatic rings. The number of aromatic amines is 1. The molecule has 0 saturated carbocycles. The van der Waals surface area contributed by atoms with E-state index in [9.17, 15) is 15.0 Å². The summed E-state index contributed by atoms with van der Waals surface area (Å²) in [6, 6.07) is 0. The Morgan fingerprint density at radius 1 is 1.42 bits per heavy atom. The second kappa shape index (κ2) is 4.38. The van der Waals surface area contributed by atoms with E-state index in [1.165, 1.54) is 17.1 Å². The fourth-order valence-electron chi connectivity index (χ4n) is 2.19. The zero-order valence-corrected chi connectivity index (χ0v) is 9.67. The van der Waals surface area contributed by atoms with Crippen LogP contribution in [0.1, 0.15) is 6.23 Å². The topological polar surface area (TPSA) is 133 Å². The summed E-state index contributed by atoms with van der Waals surface area (Å²) in [6.07, 6.45) is -1.55. The summed E-state index contributed by atoms with van der Waals surface area (Å²) in [4.78, 5) is 15.4. The average Bonchev–Trinajstić information content (AvgIpc) is 2.94. The molecule has 0 radical (unpaired) electrons. The molecule has 1 saturated heterocycles. The monoisotopic (exact) mass is 268 g/mol. The van der Waals surface area contributed by atoms with E-state index in [4.69, 9.17) is 9.84 Å². The summed E-state index contributed by atoms with van der Waals surface area (Å²) in [6.45, 7) is -0.416. The number of ether oxygens (including phenoxy) is 1. The number of aliphatic hydroxyl groups is 3. The van der Waals surface area contributed by atoms with Gasteiger partial charge in [-0.3, -0.25) is 9.36 Å². The minimum Gasteiger partial charge on any atom is -0.394 e. The first-order valence-corrected chi connectivity index (χ1v) is 5.66. The molecular weight excluding hydrogens is 256 g/mol. The van der Waals surface area contributed by atoms with Crippen molar-refractivity contribution in [3.05, 3.63) is 22.9 Å². The van der Waals surface area contributed by atoms with Crippen molar-refractivity contribution in [2.45, 2.75) is 24.5 Å². The summed E-state index contributed by atoms with van der Waals surface area (Å²) in [5.74, 6) is 0. The van der Waals surface area contributed by atoms with E-state index in [0.29, 0.717) is 5.52 Å². The second-order valence-corrected chi connectivity index (χ2v) is 4.31. The summed E-state index contributed by atoms with van der Waals surface area (Å²) < 4.78 is 6.76. The molecule has 0 amide bonds. The number of nitrogens with one attached hydrogen (secondary N) is 1. The highest BCUT2D eigenvalue weighted by Crippen LogP contribution is 2.30. The lowest BCUT2D eigenvalue weighted by atomic mass is 10.1. The fraction of sp³-hybridized carbons (Fsp3) is 0.500. The number of aromatic nitrogens is 4. The Kier molecular flexibility index (Phi) is 2.82. The maximum atomic E-state index is 11.5. The van der Waals surface area contributed by atoms with Gasteiger partial charge in [-0.15, -0.1) is 0 Å². The molecule has 0 bridgehead atoms. The smallest absolute Gasteiger partial charge is 0.292 e. The van der Waals surface area contributed by atoms with E-state index in [-0.39, 0.29) is 5.52 Å². The highest BCUT2D eigenvalue weighted by atomic mass is 16.6. The standard InChI is InChI=1S/C10H12N4O5/c15-2-5-7(16)8(17)10(19-5)14-3-11-6-4(14)1-12-13-9(6)18/h1,3,5,7-8,10,15-17H,2H2,(H,13,18). The lowest BCUT2D eigenvalue weighted by Gasteiger charge is -2.16. The van der Waals surface area contributed by atoms with Crippen molar-refractivity contribution in [2.75, 3.05) is 6.61 Å². The number of rotatable bonds is 2. The van der Waals surface area contributed by atoms with Gasteiger partial charge in [0, 0.05) is 0 Å². The molecular formula is C10H12N4O5. The van der Waals surface area contributed by atoms with Gasteiger partial charge in [-0.2, -0.15) is 5.10 Å². The number of aliphatic hydroxyl groups excluding tert-OH is 3. The van der Waals surface area contributed by atoms with Crippen molar-refractivity contribution in [1.29, 1.82) is 0 Å². The third-order valence-electron chi connectivity index (χ3n) is 3.19. The van der Waals surface area contributed by atoms with Crippen molar-refractivity contribution in [1.82, 2.24) is 19.7 Å². The van der Waals surface area contributed by atoms with Gasteiger partial charge >= 0.3 is 0 Å². The number of nitrogens with zero attached hydrogens (tertiary/aromatic N) is 3. The van der Waals surface area contributed by atoms with E-state index in [0.717, 1.165) is 0 Å². The Labute approximate surface area is 106 Å². The highest BCUT2D eigenvalue weighted by Gasteiger charge is 2.43. The minimum absolute atomic E-state index is 0.160. The van der Waals surface area contributed by atoms with Crippen LogP contribution in [0.2, 0.25) is 0 Å². The van der Waals surface area contributed by atoms with Gasteiger partial charge in [0.15, 0.2) is 11.7 Å². The van der Waals surface area contributed by atoms with Crippen molar-refractivity contribution < 1.29 is 20.1 Å². The van der Waals surface area contributed by atoms with Gasteiger partial charge in [-0.25, -0.2) is 10.1 Å². The molecule has 0 spiro atoms. The van der Waals surface area contributed by atoms with E-state index >= 15 is 0 Å². The Balaban J connectivity index is 2.06. The molecule has 9 heteroatoms. The highest BCUT2D eigenvalue weighted by molar-refractivity contribution is 5.72. The zero-order chi connectivity index (χ0) is 13.6. The molecule has 0 aromatic carbocycles. The predicted octanol–water partition coefficient (Wildman–Crippen LogP) is -2.27. The van der Waals surface area contributed by atoms with Gasteiger partial charge in [-0.05, 0) is 0 Å². The van der Waals surface area contributed by atoms with E-state index < -0.39 is 36.7 Å². The first kappa shape index (κ1) is 12.2. The van der Waals surface area contributed by atoms with Crippen molar-refractivity contribution in [3.8, 4) is 0 Å². The first-order valence-electron chi connectivity index (χ1n) is 5.66. The lowest BCUT2D eigenvalue weighted by molar-refractivity contribution is -0.0509. The third kappa shape index (κ3) is 1.75. The summed E-state index contributed by atoms with van der Waals surface area (Å²) in [7, 11) is 0. The molecule has 1 aliphatic heterocycles. The Morgan fingerprint density at radius 3 is 2.89 bits per heavy atom. The summed E-state index contributed by atoms with van der Waals surface area (Å²) >= 11 is 0. The largest absolute Gasteiger partial charge is 0.394 e. The normalized spacial score (nSPS) is 31.1. The Hall–Kier alpha value is -1.81. The molecule has 3 heterocycles. The maximum absolute atomic E-state index is 11.5. The van der Waals surface area contributed by atoms with Crippen LogP contribution in [0.3, 0.4) is 0 Å². The van der Waals surface area contributed by atoms with Crippen LogP contribution < -0.4 is 5.56 Å². The fourth-order valence-corrected chi connectivity index (χ4v) is 2.19. The third-order valence-corrected chi connectivity index (χ3v) is 3.19. The number of fused-ring (bicyclic) bond motifs is 1.